The fourth-order valence-corrected chi connectivity index (χ4v) is 3.29. The molecule has 1 saturated carbocycles. The van der Waals surface area contributed by atoms with Crippen LogP contribution in [0.25, 0.3) is 10.2 Å². The monoisotopic (exact) mass is 263 g/mol. The predicted molar refractivity (Wildman–Crippen MR) is 73.2 cm³/mol. The van der Waals surface area contributed by atoms with Crippen LogP contribution >= 0.6 is 11.3 Å². The van der Waals surface area contributed by atoms with E-state index in [1.165, 1.54) is 27.9 Å². The van der Waals surface area contributed by atoms with Gasteiger partial charge < -0.3 is 9.30 Å². The summed E-state index contributed by atoms with van der Waals surface area (Å²) in [5.41, 5.74) is 0.713. The first kappa shape index (κ1) is 11.8. The summed E-state index contributed by atoms with van der Waals surface area (Å²) in [5.74, 6) is 0.551. The summed E-state index contributed by atoms with van der Waals surface area (Å²) in [6, 6.07) is 4.12. The van der Waals surface area contributed by atoms with Crippen molar-refractivity contribution in [1.82, 2.24) is 4.57 Å². The first-order valence-electron chi connectivity index (χ1n) is 6.46. The summed E-state index contributed by atoms with van der Waals surface area (Å²) in [6.45, 7) is 5.34. The van der Waals surface area contributed by atoms with E-state index in [0.29, 0.717) is 12.3 Å². The quantitative estimate of drug-likeness (QED) is 0.789. The van der Waals surface area contributed by atoms with Crippen molar-refractivity contribution in [2.75, 3.05) is 6.61 Å². The first-order valence-corrected chi connectivity index (χ1v) is 7.27. The van der Waals surface area contributed by atoms with Crippen molar-refractivity contribution in [3.05, 3.63) is 22.7 Å². The number of hydrogen-bond donors (Lipinski definition) is 0. The van der Waals surface area contributed by atoms with Crippen molar-refractivity contribution < 1.29 is 9.53 Å². The van der Waals surface area contributed by atoms with Crippen LogP contribution in [0.2, 0.25) is 0 Å². The van der Waals surface area contributed by atoms with Crippen LogP contribution in [0.15, 0.2) is 12.1 Å². The van der Waals surface area contributed by atoms with Crippen LogP contribution in [0.3, 0.4) is 0 Å². The second-order valence-corrected chi connectivity index (χ2v) is 6.16. The molecule has 0 amide bonds. The van der Waals surface area contributed by atoms with Crippen LogP contribution in [-0.4, -0.2) is 17.1 Å². The number of carbonyl (C=O) groups is 1. The highest BCUT2D eigenvalue weighted by atomic mass is 32.1. The van der Waals surface area contributed by atoms with Gasteiger partial charge in [0.15, 0.2) is 0 Å². The lowest BCUT2D eigenvalue weighted by atomic mass is 10.3. The van der Waals surface area contributed by atoms with Gasteiger partial charge in [0.25, 0.3) is 0 Å². The molecule has 3 rings (SSSR count). The Balaban J connectivity index is 2.04. The summed E-state index contributed by atoms with van der Waals surface area (Å²) >= 11 is 1.76. The molecule has 0 unspecified atom stereocenters. The summed E-state index contributed by atoms with van der Waals surface area (Å²) in [4.78, 5) is 14.5. The van der Waals surface area contributed by atoms with Crippen molar-refractivity contribution >= 4 is 27.5 Å². The van der Waals surface area contributed by atoms with Gasteiger partial charge in [-0.3, -0.25) is 0 Å². The molecule has 0 N–H and O–H groups in total. The topological polar surface area (TPSA) is 31.2 Å². The molecule has 0 saturated heterocycles. The fraction of sp³-hybridized carbons (Fsp3) is 0.500. The highest BCUT2D eigenvalue weighted by Gasteiger charge is 2.26. The Morgan fingerprint density at radius 3 is 2.94 bits per heavy atom. The summed E-state index contributed by atoms with van der Waals surface area (Å²) in [6.07, 6.45) is 2.57. The zero-order valence-electron chi connectivity index (χ0n) is 10.7. The number of nitrogens with zero attached hydrogens (tertiary/aromatic N) is 1. The number of thiophene rings is 1. The fourth-order valence-electron chi connectivity index (χ4n) is 2.28. The molecule has 18 heavy (non-hydrogen) atoms. The summed E-state index contributed by atoms with van der Waals surface area (Å²) in [5, 5.41) is 1.17. The Labute approximate surface area is 110 Å². The Bertz CT molecular complexity index is 592. The number of aromatic nitrogens is 1. The SMILES string of the molecule is CCOC(=O)c1cc2cc(C)sc2n1CC1CC1. The van der Waals surface area contributed by atoms with Crippen LogP contribution in [0.1, 0.15) is 35.1 Å². The number of aryl methyl sites for hydroxylation is 1. The van der Waals surface area contributed by atoms with E-state index in [9.17, 15) is 4.79 Å². The number of ether oxygens (including phenoxy) is 1. The molecular formula is C14H17NO2S. The second-order valence-electron chi connectivity index (χ2n) is 4.92. The van der Waals surface area contributed by atoms with Crippen LogP contribution in [0.5, 0.6) is 0 Å². The normalized spacial score (nSPS) is 15.2. The second kappa shape index (κ2) is 4.43. The van der Waals surface area contributed by atoms with Crippen LogP contribution in [0.4, 0.5) is 0 Å². The average molecular weight is 263 g/mol. The van der Waals surface area contributed by atoms with Gasteiger partial charge in [-0.25, -0.2) is 4.79 Å². The zero-order valence-corrected chi connectivity index (χ0v) is 11.5. The van der Waals surface area contributed by atoms with E-state index < -0.39 is 0 Å². The zero-order chi connectivity index (χ0) is 12.7. The minimum Gasteiger partial charge on any atom is -0.461 e. The van der Waals surface area contributed by atoms with Crippen molar-refractivity contribution in [1.29, 1.82) is 0 Å². The molecule has 0 spiro atoms. The maximum absolute atomic E-state index is 12.0. The van der Waals surface area contributed by atoms with Gasteiger partial charge in [0.2, 0.25) is 0 Å². The van der Waals surface area contributed by atoms with E-state index in [1.54, 1.807) is 11.3 Å². The first-order chi connectivity index (χ1) is 8.69. The lowest BCUT2D eigenvalue weighted by molar-refractivity contribution is 0.0514. The molecule has 0 radical (unpaired) electrons. The number of rotatable bonds is 4. The Morgan fingerprint density at radius 1 is 1.50 bits per heavy atom. The van der Waals surface area contributed by atoms with Crippen LogP contribution < -0.4 is 0 Å². The minimum atomic E-state index is -0.195. The van der Waals surface area contributed by atoms with Gasteiger partial charge in [-0.2, -0.15) is 0 Å². The molecule has 1 aliphatic carbocycles. The third-order valence-electron chi connectivity index (χ3n) is 3.31. The van der Waals surface area contributed by atoms with E-state index in [2.05, 4.69) is 17.6 Å². The maximum Gasteiger partial charge on any atom is 0.354 e. The Kier molecular flexibility index (Phi) is 2.90. The van der Waals surface area contributed by atoms with Gasteiger partial charge >= 0.3 is 5.97 Å². The van der Waals surface area contributed by atoms with Crippen molar-refractivity contribution in [2.24, 2.45) is 5.92 Å². The van der Waals surface area contributed by atoms with Crippen molar-refractivity contribution in [3.63, 3.8) is 0 Å². The third-order valence-corrected chi connectivity index (χ3v) is 4.40. The molecule has 2 heterocycles. The molecule has 0 aromatic carbocycles. The number of hydrogen-bond acceptors (Lipinski definition) is 3. The van der Waals surface area contributed by atoms with Gasteiger partial charge in [0.1, 0.15) is 10.5 Å². The van der Waals surface area contributed by atoms with Crippen LogP contribution in [0, 0.1) is 12.8 Å². The van der Waals surface area contributed by atoms with Gasteiger partial charge in [0, 0.05) is 16.8 Å². The molecule has 2 aromatic heterocycles. The van der Waals surface area contributed by atoms with Crippen molar-refractivity contribution in [3.8, 4) is 0 Å². The third kappa shape index (κ3) is 2.05. The largest absolute Gasteiger partial charge is 0.461 e. The number of fused-ring (bicyclic) bond motifs is 1. The number of esters is 1. The highest BCUT2D eigenvalue weighted by molar-refractivity contribution is 7.18. The maximum atomic E-state index is 12.0. The minimum absolute atomic E-state index is 0.195. The van der Waals surface area contributed by atoms with E-state index in [1.807, 2.05) is 13.0 Å². The highest BCUT2D eigenvalue weighted by Crippen LogP contribution is 2.35. The smallest absolute Gasteiger partial charge is 0.354 e. The molecule has 2 aromatic rings. The molecule has 0 atom stereocenters. The van der Waals surface area contributed by atoms with E-state index >= 15 is 0 Å². The molecule has 96 valence electrons. The van der Waals surface area contributed by atoms with Gasteiger partial charge in [0.05, 0.1) is 6.61 Å². The van der Waals surface area contributed by atoms with Gasteiger partial charge in [-0.15, -0.1) is 11.3 Å². The predicted octanol–water partition coefficient (Wildman–Crippen LogP) is 3.60. The molecule has 0 aliphatic heterocycles. The molecule has 1 fully saturated rings. The number of carbonyl (C=O) groups excluding carboxylic acids is 1. The average Bonchev–Trinajstić information content (AvgIpc) is 2.98. The molecule has 3 nitrogen and oxygen atoms in total. The lowest BCUT2D eigenvalue weighted by Crippen LogP contribution is -2.12. The molecule has 1 aliphatic rings. The molecular weight excluding hydrogens is 246 g/mol. The van der Waals surface area contributed by atoms with Gasteiger partial charge in [-0.1, -0.05) is 0 Å². The Morgan fingerprint density at radius 2 is 2.28 bits per heavy atom. The molecule has 0 bridgehead atoms. The van der Waals surface area contributed by atoms with E-state index in [-0.39, 0.29) is 5.97 Å². The van der Waals surface area contributed by atoms with E-state index in [0.717, 1.165) is 12.5 Å². The molecule has 4 heteroatoms. The lowest BCUT2D eigenvalue weighted by Gasteiger charge is -2.08. The van der Waals surface area contributed by atoms with E-state index in [4.69, 9.17) is 4.74 Å². The summed E-state index contributed by atoms with van der Waals surface area (Å²) < 4.78 is 7.30. The Hall–Kier alpha value is -1.29. The standard InChI is InChI=1S/C14H17NO2S/c1-3-17-14(16)12-7-11-6-9(2)18-13(11)15(12)8-10-4-5-10/h6-7,10H,3-5,8H2,1-2H3. The summed E-state index contributed by atoms with van der Waals surface area (Å²) in [7, 11) is 0. The van der Waals surface area contributed by atoms with Gasteiger partial charge in [-0.05, 0) is 44.7 Å². The van der Waals surface area contributed by atoms with Crippen LogP contribution in [-0.2, 0) is 11.3 Å². The van der Waals surface area contributed by atoms with Crippen molar-refractivity contribution in [2.45, 2.75) is 33.2 Å².